The zero-order valence-electron chi connectivity index (χ0n) is 12.5. The number of hydrogen-bond acceptors (Lipinski definition) is 6. The van der Waals surface area contributed by atoms with E-state index in [-0.39, 0.29) is 12.3 Å². The molecule has 118 valence electrons. The van der Waals surface area contributed by atoms with Gasteiger partial charge in [-0.2, -0.15) is 5.26 Å². The molecule has 0 aliphatic heterocycles. The Balaban J connectivity index is 1.69. The summed E-state index contributed by atoms with van der Waals surface area (Å²) in [5.41, 5.74) is 1.57. The van der Waals surface area contributed by atoms with E-state index in [0.29, 0.717) is 10.8 Å². The molecule has 0 radical (unpaired) electrons. The van der Waals surface area contributed by atoms with E-state index in [2.05, 4.69) is 15.3 Å². The van der Waals surface area contributed by atoms with Crippen LogP contribution in [0.2, 0.25) is 0 Å². The van der Waals surface area contributed by atoms with Crippen LogP contribution in [-0.4, -0.2) is 15.9 Å². The smallest absolute Gasteiger partial charge is 0.238 e. The van der Waals surface area contributed by atoms with Crippen molar-refractivity contribution in [2.75, 3.05) is 5.32 Å². The molecule has 5 nitrogen and oxygen atoms in total. The Morgan fingerprint density at radius 1 is 1.25 bits per heavy atom. The Morgan fingerprint density at radius 2 is 2.08 bits per heavy atom. The van der Waals surface area contributed by atoms with Gasteiger partial charge < -0.3 is 5.32 Å². The number of aromatic nitrogens is 2. The van der Waals surface area contributed by atoms with Gasteiger partial charge in [-0.05, 0) is 53.5 Å². The summed E-state index contributed by atoms with van der Waals surface area (Å²) in [7, 11) is 0. The van der Waals surface area contributed by atoms with Crippen molar-refractivity contribution < 1.29 is 4.79 Å². The van der Waals surface area contributed by atoms with Crippen molar-refractivity contribution in [3.05, 3.63) is 54.0 Å². The molecule has 0 spiro atoms. The lowest BCUT2D eigenvalue weighted by Crippen LogP contribution is -2.09. The normalized spacial score (nSPS) is 10.1. The number of rotatable bonds is 5. The van der Waals surface area contributed by atoms with E-state index in [1.807, 2.05) is 41.8 Å². The molecule has 24 heavy (non-hydrogen) atoms. The minimum absolute atomic E-state index is 0.153. The number of benzene rings is 1. The molecule has 0 saturated heterocycles. The Kier molecular flexibility index (Phi) is 5.21. The summed E-state index contributed by atoms with van der Waals surface area (Å²) in [5, 5.41) is 13.8. The third-order valence-corrected chi connectivity index (χ3v) is 4.77. The van der Waals surface area contributed by atoms with Crippen molar-refractivity contribution in [1.82, 2.24) is 9.97 Å². The quantitative estimate of drug-likeness (QED) is 0.696. The Bertz CT molecular complexity index is 870. The van der Waals surface area contributed by atoms with Crippen LogP contribution < -0.4 is 5.32 Å². The molecule has 0 aliphatic carbocycles. The van der Waals surface area contributed by atoms with E-state index < -0.39 is 0 Å². The summed E-state index contributed by atoms with van der Waals surface area (Å²) < 4.78 is 0. The van der Waals surface area contributed by atoms with Crippen LogP contribution >= 0.6 is 23.1 Å². The number of carbonyl (C=O) groups is 1. The summed E-state index contributed by atoms with van der Waals surface area (Å²) in [5.74, 6) is -0.315. The first kappa shape index (κ1) is 16.2. The maximum absolute atomic E-state index is 11.4. The lowest BCUT2D eigenvalue weighted by atomic mass is 10.3. The fraction of sp³-hybridized carbons (Fsp3) is 0.0588. The van der Waals surface area contributed by atoms with Crippen LogP contribution in [0.3, 0.4) is 0 Å². The van der Waals surface area contributed by atoms with Gasteiger partial charge in [0.05, 0.1) is 16.6 Å². The zero-order valence-corrected chi connectivity index (χ0v) is 14.1. The average Bonchev–Trinajstić information content (AvgIpc) is 3.12. The van der Waals surface area contributed by atoms with Gasteiger partial charge in [-0.3, -0.25) is 4.79 Å². The molecule has 1 amide bonds. The predicted molar refractivity (Wildman–Crippen MR) is 94.8 cm³/mol. The van der Waals surface area contributed by atoms with Crippen LogP contribution in [0.25, 0.3) is 10.6 Å². The summed E-state index contributed by atoms with van der Waals surface area (Å²) in [6.45, 7) is 0. The summed E-state index contributed by atoms with van der Waals surface area (Å²) >= 11 is 3.09. The molecule has 3 aromatic rings. The molecular weight excluding hydrogens is 340 g/mol. The summed E-state index contributed by atoms with van der Waals surface area (Å²) in [6, 6.07) is 15.1. The first-order valence-corrected chi connectivity index (χ1v) is 8.76. The maximum atomic E-state index is 11.4. The van der Waals surface area contributed by atoms with Crippen molar-refractivity contribution in [2.24, 2.45) is 0 Å². The van der Waals surface area contributed by atoms with Gasteiger partial charge in [-0.25, -0.2) is 9.97 Å². The number of carbonyl (C=O) groups excluding carboxylic acids is 1. The fourth-order valence-corrected chi connectivity index (χ4v) is 3.38. The first-order valence-electron chi connectivity index (χ1n) is 7.06. The number of hydrogen-bond donors (Lipinski definition) is 1. The SMILES string of the molecule is N#CCC(=O)Nc1ccc(Sc2nccc(-c3cccs3)n2)cc1. The van der Waals surface area contributed by atoms with Crippen molar-refractivity contribution in [1.29, 1.82) is 5.26 Å². The van der Waals surface area contributed by atoms with Crippen molar-refractivity contribution in [3.63, 3.8) is 0 Å². The van der Waals surface area contributed by atoms with Crippen LogP contribution in [0, 0.1) is 11.3 Å². The Hall–Kier alpha value is -2.69. The Morgan fingerprint density at radius 3 is 2.79 bits per heavy atom. The molecule has 2 aromatic heterocycles. The van der Waals surface area contributed by atoms with Crippen LogP contribution in [0.5, 0.6) is 0 Å². The topological polar surface area (TPSA) is 78.7 Å². The number of amides is 1. The van der Waals surface area contributed by atoms with E-state index in [1.54, 1.807) is 29.7 Å². The summed E-state index contributed by atoms with van der Waals surface area (Å²) in [6.07, 6.45) is 1.60. The van der Waals surface area contributed by atoms with Crippen LogP contribution in [-0.2, 0) is 4.79 Å². The fourth-order valence-electron chi connectivity index (χ4n) is 1.94. The largest absolute Gasteiger partial charge is 0.325 e. The molecule has 0 bridgehead atoms. The molecular formula is C17H12N4OS2. The van der Waals surface area contributed by atoms with Gasteiger partial charge in [-0.15, -0.1) is 11.3 Å². The molecule has 0 fully saturated rings. The second kappa shape index (κ2) is 7.73. The van der Waals surface area contributed by atoms with E-state index in [9.17, 15) is 4.79 Å². The van der Waals surface area contributed by atoms with Crippen molar-refractivity contribution in [3.8, 4) is 16.6 Å². The first-order chi connectivity index (χ1) is 11.7. The number of nitrogens with zero attached hydrogens (tertiary/aromatic N) is 3. The van der Waals surface area contributed by atoms with E-state index in [0.717, 1.165) is 15.5 Å². The predicted octanol–water partition coefficient (Wildman–Crippen LogP) is 4.21. The van der Waals surface area contributed by atoms with Gasteiger partial charge in [-0.1, -0.05) is 6.07 Å². The van der Waals surface area contributed by atoms with E-state index >= 15 is 0 Å². The van der Waals surface area contributed by atoms with Crippen LogP contribution in [0.1, 0.15) is 6.42 Å². The minimum atomic E-state index is -0.315. The molecule has 0 atom stereocenters. The zero-order chi connectivity index (χ0) is 16.8. The third-order valence-electron chi connectivity index (χ3n) is 2.99. The monoisotopic (exact) mass is 352 g/mol. The molecule has 0 saturated carbocycles. The van der Waals surface area contributed by atoms with Gasteiger partial charge in [0.25, 0.3) is 0 Å². The number of anilines is 1. The highest BCUT2D eigenvalue weighted by Gasteiger charge is 2.06. The van der Waals surface area contributed by atoms with Gasteiger partial charge in [0, 0.05) is 16.8 Å². The van der Waals surface area contributed by atoms with Crippen LogP contribution in [0.15, 0.2) is 64.1 Å². The number of nitrogens with one attached hydrogen (secondary N) is 1. The number of thiophene rings is 1. The molecule has 0 unspecified atom stereocenters. The van der Waals surface area contributed by atoms with Gasteiger partial charge in [0.1, 0.15) is 6.42 Å². The molecule has 1 N–H and O–H groups in total. The molecule has 1 aromatic carbocycles. The summed E-state index contributed by atoms with van der Waals surface area (Å²) in [4.78, 5) is 22.3. The van der Waals surface area contributed by atoms with E-state index in [4.69, 9.17) is 5.26 Å². The van der Waals surface area contributed by atoms with Crippen molar-refractivity contribution >= 4 is 34.7 Å². The molecule has 2 heterocycles. The third kappa shape index (κ3) is 4.19. The second-order valence-corrected chi connectivity index (χ2v) is 6.70. The lowest BCUT2D eigenvalue weighted by molar-refractivity contribution is -0.115. The van der Waals surface area contributed by atoms with Crippen LogP contribution in [0.4, 0.5) is 5.69 Å². The highest BCUT2D eigenvalue weighted by atomic mass is 32.2. The molecule has 7 heteroatoms. The maximum Gasteiger partial charge on any atom is 0.238 e. The average molecular weight is 352 g/mol. The Labute approximate surface area is 147 Å². The molecule has 3 rings (SSSR count). The van der Waals surface area contributed by atoms with Gasteiger partial charge in [0.15, 0.2) is 5.16 Å². The van der Waals surface area contributed by atoms with E-state index in [1.165, 1.54) is 11.8 Å². The lowest BCUT2D eigenvalue weighted by Gasteiger charge is -2.05. The van der Waals surface area contributed by atoms with Crippen molar-refractivity contribution in [2.45, 2.75) is 16.5 Å². The standard InChI is InChI=1S/C17H12N4OS2/c18-9-7-16(22)20-12-3-5-13(6-4-12)24-17-19-10-8-14(21-17)15-2-1-11-23-15/h1-6,8,10-11H,7H2,(H,20,22). The highest BCUT2D eigenvalue weighted by molar-refractivity contribution is 7.99. The minimum Gasteiger partial charge on any atom is -0.325 e. The van der Waals surface area contributed by atoms with Gasteiger partial charge in [0.2, 0.25) is 5.91 Å². The second-order valence-electron chi connectivity index (χ2n) is 4.71. The highest BCUT2D eigenvalue weighted by Crippen LogP contribution is 2.28. The molecule has 0 aliphatic rings. The van der Waals surface area contributed by atoms with Gasteiger partial charge >= 0.3 is 0 Å². The number of nitriles is 1.